The number of esters is 1. The number of ether oxygens (including phenoxy) is 2. The Bertz CT molecular complexity index is 935. The van der Waals surface area contributed by atoms with Gasteiger partial charge in [-0.3, -0.25) is 14.4 Å². The van der Waals surface area contributed by atoms with E-state index in [1.54, 1.807) is 45.0 Å². The lowest BCUT2D eigenvalue weighted by atomic mass is 9.91. The van der Waals surface area contributed by atoms with Crippen LogP contribution < -0.4 is 10.6 Å². The smallest absolute Gasteiger partial charge is 0.408 e. The van der Waals surface area contributed by atoms with Crippen LogP contribution in [0.4, 0.5) is 4.79 Å². The summed E-state index contributed by atoms with van der Waals surface area (Å²) in [5.74, 6) is -1.66. The van der Waals surface area contributed by atoms with Crippen LogP contribution in [0.2, 0.25) is 0 Å². The van der Waals surface area contributed by atoms with Crippen molar-refractivity contribution in [3.05, 3.63) is 42.0 Å². The predicted molar refractivity (Wildman–Crippen MR) is 134 cm³/mol. The summed E-state index contributed by atoms with van der Waals surface area (Å²) in [7, 11) is 1.22. The van der Waals surface area contributed by atoms with Gasteiger partial charge >= 0.3 is 12.1 Å². The van der Waals surface area contributed by atoms with E-state index < -0.39 is 47.1 Å². The fraction of sp³-hybridized carbons (Fsp3) is 0.538. The Morgan fingerprint density at radius 1 is 1.14 bits per heavy atom. The lowest BCUT2D eigenvalue weighted by Crippen LogP contribution is -2.58. The maximum Gasteiger partial charge on any atom is 0.408 e. The van der Waals surface area contributed by atoms with E-state index in [1.165, 1.54) is 18.9 Å². The first-order chi connectivity index (χ1) is 16.2. The molecule has 2 atom stereocenters. The molecule has 3 amide bonds. The van der Waals surface area contributed by atoms with Gasteiger partial charge in [0.2, 0.25) is 11.8 Å². The molecule has 35 heavy (non-hydrogen) atoms. The zero-order chi connectivity index (χ0) is 27.0. The van der Waals surface area contributed by atoms with Crippen LogP contribution in [0, 0.1) is 0 Å². The molecule has 1 aromatic carbocycles. The van der Waals surface area contributed by atoms with E-state index in [2.05, 4.69) is 21.9 Å². The minimum Gasteiger partial charge on any atom is -0.468 e. The first-order valence-corrected chi connectivity index (χ1v) is 11.6. The number of carbonyl (C=O) groups is 4. The molecule has 0 aliphatic rings. The summed E-state index contributed by atoms with van der Waals surface area (Å²) in [5, 5.41) is 5.13. The Labute approximate surface area is 208 Å². The van der Waals surface area contributed by atoms with Gasteiger partial charge in [-0.2, -0.15) is 0 Å². The third kappa shape index (κ3) is 8.73. The second-order valence-corrected chi connectivity index (χ2v) is 9.81. The molecule has 9 nitrogen and oxygen atoms in total. The topological polar surface area (TPSA) is 114 Å². The fourth-order valence-electron chi connectivity index (χ4n) is 3.30. The molecule has 9 heteroatoms. The van der Waals surface area contributed by atoms with Crippen LogP contribution in [0.15, 0.2) is 30.8 Å². The third-order valence-electron chi connectivity index (χ3n) is 5.46. The second kappa shape index (κ2) is 12.4. The molecule has 1 rings (SSSR count). The molecular weight excluding hydrogens is 450 g/mol. The third-order valence-corrected chi connectivity index (χ3v) is 5.46. The molecule has 2 unspecified atom stereocenters. The number of carbonyl (C=O) groups excluding carboxylic acids is 4. The highest BCUT2D eigenvalue weighted by molar-refractivity contribution is 5.93. The van der Waals surface area contributed by atoms with Gasteiger partial charge in [-0.15, -0.1) is 0 Å². The largest absolute Gasteiger partial charge is 0.468 e. The van der Waals surface area contributed by atoms with Gasteiger partial charge < -0.3 is 25.0 Å². The predicted octanol–water partition coefficient (Wildman–Crippen LogP) is 3.59. The highest BCUT2D eigenvalue weighted by atomic mass is 16.6. The van der Waals surface area contributed by atoms with Gasteiger partial charge in [-0.1, -0.05) is 37.8 Å². The normalized spacial score (nSPS) is 13.1. The van der Waals surface area contributed by atoms with Crippen molar-refractivity contribution in [2.24, 2.45) is 0 Å². The Hall–Kier alpha value is -3.36. The average Bonchev–Trinajstić information content (AvgIpc) is 2.78. The summed E-state index contributed by atoms with van der Waals surface area (Å²) in [6.07, 6.45) is 1.41. The van der Waals surface area contributed by atoms with E-state index in [4.69, 9.17) is 4.74 Å². The number of nitrogens with zero attached hydrogens (tertiary/aromatic N) is 1. The quantitative estimate of drug-likeness (QED) is 0.486. The number of methoxy groups -OCH3 is 1. The molecule has 0 spiro atoms. The Morgan fingerprint density at radius 2 is 1.77 bits per heavy atom. The Morgan fingerprint density at radius 3 is 2.29 bits per heavy atom. The summed E-state index contributed by atoms with van der Waals surface area (Å²) < 4.78 is 9.92. The first-order valence-electron chi connectivity index (χ1n) is 11.6. The first kappa shape index (κ1) is 29.7. The van der Waals surface area contributed by atoms with Crippen molar-refractivity contribution in [3.8, 4) is 0 Å². The number of rotatable bonds is 10. The van der Waals surface area contributed by atoms with Gasteiger partial charge in [0.15, 0.2) is 0 Å². The molecule has 1 aromatic rings. The van der Waals surface area contributed by atoms with Crippen molar-refractivity contribution in [1.29, 1.82) is 0 Å². The molecule has 2 N–H and O–H groups in total. The minimum absolute atomic E-state index is 0.354. The molecule has 194 valence electrons. The lowest BCUT2D eigenvalue weighted by Gasteiger charge is -2.44. The van der Waals surface area contributed by atoms with Crippen LogP contribution in [-0.4, -0.2) is 59.6 Å². The number of alkyl carbamates (subject to hydrolysis) is 1. The van der Waals surface area contributed by atoms with Gasteiger partial charge in [0.1, 0.15) is 24.2 Å². The maximum absolute atomic E-state index is 13.8. The minimum atomic E-state index is -1.09. The molecule has 0 aliphatic carbocycles. The van der Waals surface area contributed by atoms with E-state index in [0.717, 1.165) is 5.56 Å². The van der Waals surface area contributed by atoms with Crippen LogP contribution in [0.1, 0.15) is 72.1 Å². The number of nitrogens with one attached hydrogen (secondary N) is 2. The van der Waals surface area contributed by atoms with E-state index in [-0.39, 0.29) is 6.54 Å². The summed E-state index contributed by atoms with van der Waals surface area (Å²) in [5.41, 5.74) is -0.242. The van der Waals surface area contributed by atoms with Gasteiger partial charge in [0.25, 0.3) is 0 Å². The zero-order valence-corrected chi connectivity index (χ0v) is 22.1. The molecular formula is C26H39N3O6. The van der Waals surface area contributed by atoms with E-state index in [0.29, 0.717) is 12.0 Å². The van der Waals surface area contributed by atoms with Crippen molar-refractivity contribution in [2.75, 3.05) is 13.7 Å². The van der Waals surface area contributed by atoms with Crippen molar-refractivity contribution in [3.63, 3.8) is 0 Å². The van der Waals surface area contributed by atoms with Gasteiger partial charge in [-0.25, -0.2) is 4.79 Å². The zero-order valence-electron chi connectivity index (χ0n) is 22.1. The fourth-order valence-corrected chi connectivity index (χ4v) is 3.30. The van der Waals surface area contributed by atoms with Crippen LogP contribution in [0.3, 0.4) is 0 Å². The van der Waals surface area contributed by atoms with Crippen LogP contribution >= 0.6 is 0 Å². The van der Waals surface area contributed by atoms with Crippen LogP contribution in [-0.2, 0) is 23.9 Å². The Balaban J connectivity index is 3.51. The van der Waals surface area contributed by atoms with Crippen LogP contribution in [0.25, 0.3) is 6.08 Å². The van der Waals surface area contributed by atoms with Gasteiger partial charge in [0, 0.05) is 5.54 Å². The number of hydrogen-bond acceptors (Lipinski definition) is 6. The summed E-state index contributed by atoms with van der Waals surface area (Å²) in [6, 6.07) is 4.99. The SMILES string of the molecule is C=Cc1cccc(C(C(=O)NCC(=O)OC)N(C(=O)C(C)NC(=O)OC(C)(C)C)C(C)(C)CC)c1. The van der Waals surface area contributed by atoms with Crippen molar-refractivity contribution in [2.45, 2.75) is 78.1 Å². The van der Waals surface area contributed by atoms with Crippen molar-refractivity contribution in [1.82, 2.24) is 15.5 Å². The second-order valence-electron chi connectivity index (χ2n) is 9.81. The van der Waals surface area contributed by atoms with Crippen LogP contribution in [0.5, 0.6) is 0 Å². The summed E-state index contributed by atoms with van der Waals surface area (Å²) in [6.45, 7) is 15.7. The molecule has 0 fully saturated rings. The number of amides is 3. The molecule has 0 saturated heterocycles. The molecule has 0 aromatic heterocycles. The lowest BCUT2D eigenvalue weighted by molar-refractivity contribution is -0.149. The maximum atomic E-state index is 13.8. The van der Waals surface area contributed by atoms with Crippen molar-refractivity contribution >= 4 is 30.0 Å². The molecule has 0 radical (unpaired) electrons. The summed E-state index contributed by atoms with van der Waals surface area (Å²) >= 11 is 0. The Kier molecular flexibility index (Phi) is 10.5. The standard InChI is InChI=1S/C26H39N3O6/c1-10-18-13-12-14-19(15-18)21(22(31)27-16-20(30)34-9)29(26(7,8)11-2)23(32)17(3)28-24(33)35-25(4,5)6/h10,12-15,17,21H,1,11,16H2,2-9H3,(H,27,31)(H,28,33). The van der Waals surface area contributed by atoms with Gasteiger partial charge in [-0.05, 0) is 65.2 Å². The molecule has 0 bridgehead atoms. The highest BCUT2D eigenvalue weighted by Gasteiger charge is 2.42. The summed E-state index contributed by atoms with van der Waals surface area (Å²) in [4.78, 5) is 52.7. The molecule has 0 saturated carbocycles. The van der Waals surface area contributed by atoms with E-state index in [1.807, 2.05) is 26.8 Å². The number of hydrogen-bond donors (Lipinski definition) is 2. The number of benzene rings is 1. The highest BCUT2D eigenvalue weighted by Crippen LogP contribution is 2.32. The monoisotopic (exact) mass is 489 g/mol. The van der Waals surface area contributed by atoms with Crippen molar-refractivity contribution < 1.29 is 28.7 Å². The molecule has 0 aliphatic heterocycles. The molecule has 0 heterocycles. The van der Waals surface area contributed by atoms with Gasteiger partial charge in [0.05, 0.1) is 7.11 Å². The van der Waals surface area contributed by atoms with E-state index in [9.17, 15) is 19.2 Å². The average molecular weight is 490 g/mol. The van der Waals surface area contributed by atoms with E-state index >= 15 is 0 Å².